The molecular weight excluding hydrogens is 297 g/mol. The third-order valence-corrected chi connectivity index (χ3v) is 3.34. The number of aliphatic imine (C=N–C) groups is 1. The molecule has 8 heteroatoms. The number of benzene rings is 1. The van der Waals surface area contributed by atoms with Gasteiger partial charge >= 0.3 is 6.18 Å². The lowest BCUT2D eigenvalue weighted by molar-refractivity contribution is -0.137. The summed E-state index contributed by atoms with van der Waals surface area (Å²) >= 11 is 0. The zero-order valence-electron chi connectivity index (χ0n) is 11.3. The molecular formula is C14H11F3N4O. The lowest BCUT2D eigenvalue weighted by atomic mass is 9.96. The number of primary amides is 1. The first-order valence-corrected chi connectivity index (χ1v) is 6.39. The third kappa shape index (κ3) is 2.59. The molecule has 3 rings (SSSR count). The number of aromatic nitrogens is 2. The van der Waals surface area contributed by atoms with Gasteiger partial charge in [-0.25, -0.2) is 0 Å². The number of hydrogen-bond acceptors (Lipinski definition) is 3. The number of nitrogens with zero attached hydrogens (tertiary/aromatic N) is 3. The molecule has 0 saturated carbocycles. The zero-order valence-corrected chi connectivity index (χ0v) is 11.3. The van der Waals surface area contributed by atoms with Gasteiger partial charge in [0.2, 0.25) is 5.91 Å². The first-order chi connectivity index (χ1) is 10.3. The Kier molecular flexibility index (Phi) is 3.23. The molecule has 0 fully saturated rings. The summed E-state index contributed by atoms with van der Waals surface area (Å²) < 4.78 is 40.3. The molecule has 0 saturated heterocycles. The highest BCUT2D eigenvalue weighted by molar-refractivity contribution is 5.94. The summed E-state index contributed by atoms with van der Waals surface area (Å²) in [5.41, 5.74) is 6.39. The van der Waals surface area contributed by atoms with Crippen LogP contribution in [0.3, 0.4) is 0 Å². The van der Waals surface area contributed by atoms with Gasteiger partial charge in [-0.05, 0) is 23.3 Å². The van der Waals surface area contributed by atoms with Crippen molar-refractivity contribution in [2.45, 2.75) is 19.3 Å². The van der Waals surface area contributed by atoms with Crippen LogP contribution in [0.5, 0.6) is 0 Å². The molecule has 1 aliphatic heterocycles. The molecule has 0 spiro atoms. The average Bonchev–Trinajstić information content (AvgIpc) is 3.03. The summed E-state index contributed by atoms with van der Waals surface area (Å²) in [5, 5.41) is 3.94. The normalized spacial score (nSPS) is 13.4. The van der Waals surface area contributed by atoms with Crippen molar-refractivity contribution in [2.24, 2.45) is 10.7 Å². The van der Waals surface area contributed by atoms with Crippen LogP contribution in [0.25, 0.3) is 11.1 Å². The maximum Gasteiger partial charge on any atom is 0.416 e. The Hall–Kier alpha value is -2.64. The van der Waals surface area contributed by atoms with Crippen LogP contribution in [-0.2, 0) is 24.1 Å². The topological polar surface area (TPSA) is 73.3 Å². The number of alkyl halides is 3. The zero-order chi connectivity index (χ0) is 15.9. The summed E-state index contributed by atoms with van der Waals surface area (Å²) in [6, 6.07) is 2.18. The first-order valence-electron chi connectivity index (χ1n) is 6.39. The standard InChI is InChI=1S/C14H11F3N4O/c15-14(16,17)10-1-8-3-19-5-12(8)11(2-10)9-4-20-21(6-9)7-13(18)22/h1-2,4-6H,3,7H2,(H2,18,22). The van der Waals surface area contributed by atoms with Gasteiger partial charge in [0.15, 0.2) is 0 Å². The fraction of sp³-hybridized carbons (Fsp3) is 0.214. The molecule has 0 unspecified atom stereocenters. The molecule has 1 amide bonds. The SMILES string of the molecule is NC(=O)Cn1cc(-c2cc(C(F)(F)F)cc3c2C=NC3)cn1. The van der Waals surface area contributed by atoms with Gasteiger partial charge in [0.1, 0.15) is 6.54 Å². The lowest BCUT2D eigenvalue weighted by Gasteiger charge is -2.12. The summed E-state index contributed by atoms with van der Waals surface area (Å²) in [6.07, 6.45) is 0.0173. The van der Waals surface area contributed by atoms with Crippen molar-refractivity contribution in [1.29, 1.82) is 0 Å². The molecule has 0 bridgehead atoms. The number of rotatable bonds is 3. The Morgan fingerprint density at radius 1 is 1.36 bits per heavy atom. The van der Waals surface area contributed by atoms with Crippen molar-refractivity contribution in [2.75, 3.05) is 0 Å². The Labute approximate surface area is 123 Å². The highest BCUT2D eigenvalue weighted by Gasteiger charge is 2.32. The number of nitrogens with two attached hydrogens (primary N) is 1. The van der Waals surface area contributed by atoms with Crippen LogP contribution < -0.4 is 5.73 Å². The maximum absolute atomic E-state index is 13.0. The second-order valence-electron chi connectivity index (χ2n) is 4.96. The fourth-order valence-corrected chi connectivity index (χ4v) is 2.38. The van der Waals surface area contributed by atoms with E-state index in [1.165, 1.54) is 17.1 Å². The number of amides is 1. The first kappa shape index (κ1) is 14.3. The number of hydrogen-bond donors (Lipinski definition) is 1. The smallest absolute Gasteiger partial charge is 0.368 e. The van der Waals surface area contributed by atoms with E-state index < -0.39 is 17.6 Å². The maximum atomic E-state index is 13.0. The predicted molar refractivity (Wildman–Crippen MR) is 73.2 cm³/mol. The highest BCUT2D eigenvalue weighted by atomic mass is 19.4. The lowest BCUT2D eigenvalue weighted by Crippen LogP contribution is -2.18. The van der Waals surface area contributed by atoms with Gasteiger partial charge in [-0.2, -0.15) is 18.3 Å². The van der Waals surface area contributed by atoms with E-state index in [4.69, 9.17) is 5.73 Å². The van der Waals surface area contributed by atoms with Crippen molar-refractivity contribution in [3.63, 3.8) is 0 Å². The molecule has 2 N–H and O–H groups in total. The van der Waals surface area contributed by atoms with Gasteiger partial charge in [-0.3, -0.25) is 14.5 Å². The van der Waals surface area contributed by atoms with Crippen molar-refractivity contribution in [3.05, 3.63) is 41.2 Å². The minimum atomic E-state index is -4.43. The van der Waals surface area contributed by atoms with E-state index >= 15 is 0 Å². The van der Waals surface area contributed by atoms with Crippen molar-refractivity contribution in [3.8, 4) is 11.1 Å². The number of halogens is 3. The van der Waals surface area contributed by atoms with Crippen LogP contribution in [-0.4, -0.2) is 21.9 Å². The van der Waals surface area contributed by atoms with E-state index in [1.54, 1.807) is 6.21 Å². The van der Waals surface area contributed by atoms with E-state index in [1.807, 2.05) is 0 Å². The van der Waals surface area contributed by atoms with Crippen LogP contribution in [0.4, 0.5) is 13.2 Å². The number of carbonyl (C=O) groups is 1. The molecule has 0 atom stereocenters. The molecule has 114 valence electrons. The number of carbonyl (C=O) groups excluding carboxylic acids is 1. The van der Waals surface area contributed by atoms with E-state index in [9.17, 15) is 18.0 Å². The molecule has 0 radical (unpaired) electrons. The van der Waals surface area contributed by atoms with Crippen LogP contribution >= 0.6 is 0 Å². The fourth-order valence-electron chi connectivity index (χ4n) is 2.38. The van der Waals surface area contributed by atoms with Gasteiger partial charge in [0.05, 0.1) is 18.3 Å². The van der Waals surface area contributed by atoms with Gasteiger partial charge < -0.3 is 5.73 Å². The van der Waals surface area contributed by atoms with Crippen LogP contribution in [0, 0.1) is 0 Å². The minimum absolute atomic E-state index is 0.130. The molecule has 1 aromatic carbocycles. The van der Waals surface area contributed by atoms with E-state index in [0.717, 1.165) is 12.1 Å². The summed E-state index contributed by atoms with van der Waals surface area (Å²) in [4.78, 5) is 14.9. The average molecular weight is 308 g/mol. The number of fused-ring (bicyclic) bond motifs is 1. The Balaban J connectivity index is 2.09. The summed E-state index contributed by atoms with van der Waals surface area (Å²) in [5.74, 6) is -0.578. The van der Waals surface area contributed by atoms with Crippen LogP contribution in [0.1, 0.15) is 16.7 Å². The Bertz CT molecular complexity index is 777. The second kappa shape index (κ2) is 4.97. The molecule has 1 aliphatic rings. The van der Waals surface area contributed by atoms with Crippen LogP contribution in [0.15, 0.2) is 29.5 Å². The molecule has 2 heterocycles. The monoisotopic (exact) mass is 308 g/mol. The van der Waals surface area contributed by atoms with Gasteiger partial charge in [0.25, 0.3) is 0 Å². The largest absolute Gasteiger partial charge is 0.416 e. The molecule has 2 aromatic rings. The second-order valence-corrected chi connectivity index (χ2v) is 4.96. The molecule has 0 aliphatic carbocycles. The minimum Gasteiger partial charge on any atom is -0.368 e. The van der Waals surface area contributed by atoms with Gasteiger partial charge in [0, 0.05) is 23.5 Å². The van der Waals surface area contributed by atoms with E-state index in [2.05, 4.69) is 10.1 Å². The molecule has 22 heavy (non-hydrogen) atoms. The van der Waals surface area contributed by atoms with Crippen molar-refractivity contribution in [1.82, 2.24) is 9.78 Å². The summed E-state index contributed by atoms with van der Waals surface area (Å²) in [7, 11) is 0. The Morgan fingerprint density at radius 2 is 2.14 bits per heavy atom. The highest BCUT2D eigenvalue weighted by Crippen LogP contribution is 2.36. The van der Waals surface area contributed by atoms with E-state index in [0.29, 0.717) is 22.3 Å². The summed E-state index contributed by atoms with van der Waals surface area (Å²) in [6.45, 7) is 0.0942. The quantitative estimate of drug-likeness (QED) is 0.941. The Morgan fingerprint density at radius 3 is 2.82 bits per heavy atom. The van der Waals surface area contributed by atoms with Crippen LogP contribution in [0.2, 0.25) is 0 Å². The van der Waals surface area contributed by atoms with Crippen molar-refractivity contribution >= 4 is 12.1 Å². The predicted octanol–water partition coefficient (Wildman–Crippen LogP) is 1.99. The molecule has 1 aromatic heterocycles. The van der Waals surface area contributed by atoms with Crippen molar-refractivity contribution < 1.29 is 18.0 Å². The molecule has 5 nitrogen and oxygen atoms in total. The van der Waals surface area contributed by atoms with Gasteiger partial charge in [-0.1, -0.05) is 0 Å². The van der Waals surface area contributed by atoms with Gasteiger partial charge in [-0.15, -0.1) is 0 Å². The van der Waals surface area contributed by atoms with E-state index in [-0.39, 0.29) is 13.1 Å². The third-order valence-electron chi connectivity index (χ3n) is 3.34.